The fraction of sp³-hybridized carbons (Fsp3) is 0.182. The fourth-order valence-corrected chi connectivity index (χ4v) is 3.51. The predicted molar refractivity (Wildman–Crippen MR) is 79.5 cm³/mol. The van der Waals surface area contributed by atoms with Crippen LogP contribution in [0.25, 0.3) is 0 Å². The van der Waals surface area contributed by atoms with Crippen molar-refractivity contribution in [1.82, 2.24) is 10.3 Å². The van der Waals surface area contributed by atoms with E-state index in [0.717, 1.165) is 32.1 Å². The van der Waals surface area contributed by atoms with Crippen LogP contribution >= 0.6 is 54.8 Å². The van der Waals surface area contributed by atoms with E-state index >= 15 is 0 Å². The van der Waals surface area contributed by atoms with Gasteiger partial charge in [0.2, 0.25) is 0 Å². The third-order valence-corrected chi connectivity index (χ3v) is 4.46. The van der Waals surface area contributed by atoms with Gasteiger partial charge in [-0.05, 0) is 50.1 Å². The van der Waals surface area contributed by atoms with E-state index in [1.54, 1.807) is 17.5 Å². The molecule has 0 aliphatic rings. The summed E-state index contributed by atoms with van der Waals surface area (Å²) in [5.41, 5.74) is 0.996. The molecule has 0 saturated carbocycles. The number of halogens is 3. The summed E-state index contributed by atoms with van der Waals surface area (Å²) in [6.45, 7) is 1.53. The van der Waals surface area contributed by atoms with Gasteiger partial charge in [0.05, 0.1) is 10.0 Å². The summed E-state index contributed by atoms with van der Waals surface area (Å²) < 4.78 is 2.80. The summed E-state index contributed by atoms with van der Waals surface area (Å²) in [7, 11) is 0. The van der Waals surface area contributed by atoms with Crippen LogP contribution < -0.4 is 5.32 Å². The summed E-state index contributed by atoms with van der Waals surface area (Å²) in [4.78, 5) is 5.56. The zero-order valence-electron chi connectivity index (χ0n) is 8.71. The van der Waals surface area contributed by atoms with Crippen LogP contribution in [-0.4, -0.2) is 4.98 Å². The lowest BCUT2D eigenvalue weighted by atomic mass is 10.3. The van der Waals surface area contributed by atoms with E-state index in [-0.39, 0.29) is 0 Å². The number of nitrogens with one attached hydrogen (secondary N) is 1. The lowest BCUT2D eigenvalue weighted by molar-refractivity contribution is 0.684. The van der Waals surface area contributed by atoms with Gasteiger partial charge >= 0.3 is 0 Å². The van der Waals surface area contributed by atoms with Crippen LogP contribution in [-0.2, 0) is 13.1 Å². The molecule has 2 heterocycles. The third kappa shape index (κ3) is 4.03. The molecule has 0 spiro atoms. The molecule has 2 rings (SSSR count). The maximum atomic E-state index is 5.86. The van der Waals surface area contributed by atoms with Gasteiger partial charge in [-0.1, -0.05) is 11.6 Å². The summed E-state index contributed by atoms with van der Waals surface area (Å²) in [5.74, 6) is 0. The smallest absolute Gasteiger partial charge is 0.0931 e. The molecule has 2 nitrogen and oxygen atoms in total. The zero-order valence-corrected chi connectivity index (χ0v) is 13.5. The maximum Gasteiger partial charge on any atom is 0.0931 e. The molecule has 0 fully saturated rings. The molecule has 0 unspecified atom stereocenters. The zero-order chi connectivity index (χ0) is 12.3. The van der Waals surface area contributed by atoms with Gasteiger partial charge in [-0.25, -0.2) is 0 Å². The second-order valence-electron chi connectivity index (χ2n) is 3.39. The van der Waals surface area contributed by atoms with Crippen molar-refractivity contribution in [2.45, 2.75) is 13.1 Å². The van der Waals surface area contributed by atoms with Crippen molar-refractivity contribution in [2.75, 3.05) is 0 Å². The van der Waals surface area contributed by atoms with Crippen LogP contribution in [0.4, 0.5) is 0 Å². The molecular weight excluding hydrogens is 387 g/mol. The van der Waals surface area contributed by atoms with Crippen LogP contribution in [0.5, 0.6) is 0 Å². The Morgan fingerprint density at radius 3 is 2.76 bits per heavy atom. The van der Waals surface area contributed by atoms with Crippen molar-refractivity contribution >= 4 is 54.8 Å². The van der Waals surface area contributed by atoms with Crippen LogP contribution in [0.1, 0.15) is 10.6 Å². The van der Waals surface area contributed by atoms with E-state index in [1.807, 2.05) is 18.2 Å². The Kier molecular flexibility index (Phi) is 4.99. The second-order valence-corrected chi connectivity index (χ2v) is 6.96. The number of hydrogen-bond donors (Lipinski definition) is 1. The molecule has 0 bridgehead atoms. The average molecular weight is 397 g/mol. The summed E-state index contributed by atoms with van der Waals surface area (Å²) in [5, 5.41) is 3.34. The first-order valence-electron chi connectivity index (χ1n) is 4.90. The van der Waals surface area contributed by atoms with Crippen LogP contribution in [0.3, 0.4) is 0 Å². The molecule has 0 aliphatic carbocycles. The number of thiophene rings is 1. The molecule has 0 radical (unpaired) electrons. The Morgan fingerprint density at radius 2 is 2.12 bits per heavy atom. The monoisotopic (exact) mass is 394 g/mol. The minimum Gasteiger partial charge on any atom is -0.306 e. The molecule has 1 N–H and O–H groups in total. The molecule has 0 aliphatic heterocycles. The molecule has 6 heteroatoms. The fourth-order valence-electron chi connectivity index (χ4n) is 1.32. The minimum absolute atomic E-state index is 0.726. The number of pyridine rings is 1. The van der Waals surface area contributed by atoms with E-state index in [2.05, 4.69) is 42.2 Å². The highest BCUT2D eigenvalue weighted by Gasteiger charge is 2.03. The second kappa shape index (κ2) is 6.29. The normalized spacial score (nSPS) is 10.8. The van der Waals surface area contributed by atoms with Crippen LogP contribution in [0, 0.1) is 0 Å². The van der Waals surface area contributed by atoms with Gasteiger partial charge < -0.3 is 5.32 Å². The number of nitrogens with zero attached hydrogens (tertiary/aromatic N) is 1. The van der Waals surface area contributed by atoms with Gasteiger partial charge in [0.15, 0.2) is 0 Å². The van der Waals surface area contributed by atoms with E-state index in [4.69, 9.17) is 11.6 Å². The molecule has 0 aromatic carbocycles. The standard InChI is InChI=1S/C11H9Br2ClN2S/c12-7-3-9(13)10(16-4-7)6-15-5-8-1-2-11(14)17-8/h1-4,15H,5-6H2. The maximum absolute atomic E-state index is 5.86. The van der Waals surface area contributed by atoms with Crippen molar-refractivity contribution in [3.8, 4) is 0 Å². The Bertz CT molecular complexity index is 516. The highest BCUT2D eigenvalue weighted by atomic mass is 79.9. The van der Waals surface area contributed by atoms with Gasteiger partial charge in [-0.15, -0.1) is 11.3 Å². The predicted octanol–water partition coefficient (Wildman–Crippen LogP) is 4.61. The molecule has 2 aromatic rings. The Morgan fingerprint density at radius 1 is 1.29 bits per heavy atom. The first-order valence-corrected chi connectivity index (χ1v) is 7.68. The molecule has 0 atom stereocenters. The highest BCUT2D eigenvalue weighted by molar-refractivity contribution is 9.11. The van der Waals surface area contributed by atoms with E-state index in [0.29, 0.717) is 0 Å². The van der Waals surface area contributed by atoms with E-state index in [9.17, 15) is 0 Å². The molecule has 0 saturated heterocycles. The molecule has 90 valence electrons. The van der Waals surface area contributed by atoms with Gasteiger partial charge in [-0.2, -0.15) is 0 Å². The molecule has 2 aromatic heterocycles. The molecule has 17 heavy (non-hydrogen) atoms. The van der Waals surface area contributed by atoms with Gasteiger partial charge in [-0.3, -0.25) is 4.98 Å². The Labute approximate surface area is 126 Å². The van der Waals surface area contributed by atoms with Crippen LogP contribution in [0.2, 0.25) is 4.34 Å². The van der Waals surface area contributed by atoms with Gasteiger partial charge in [0, 0.05) is 33.1 Å². The Balaban J connectivity index is 1.90. The van der Waals surface area contributed by atoms with Crippen molar-refractivity contribution in [3.63, 3.8) is 0 Å². The summed E-state index contributed by atoms with van der Waals surface area (Å²) in [6, 6.07) is 5.94. The minimum atomic E-state index is 0.726. The van der Waals surface area contributed by atoms with Gasteiger partial charge in [0.1, 0.15) is 0 Å². The topological polar surface area (TPSA) is 24.9 Å². The van der Waals surface area contributed by atoms with Crippen molar-refractivity contribution < 1.29 is 0 Å². The van der Waals surface area contributed by atoms with Crippen molar-refractivity contribution in [2.24, 2.45) is 0 Å². The van der Waals surface area contributed by atoms with Crippen LogP contribution in [0.15, 0.2) is 33.3 Å². The molecule has 0 amide bonds. The number of hydrogen-bond acceptors (Lipinski definition) is 3. The lowest BCUT2D eigenvalue weighted by Gasteiger charge is -2.05. The first-order chi connectivity index (χ1) is 8.15. The van der Waals surface area contributed by atoms with Crippen molar-refractivity contribution in [1.29, 1.82) is 0 Å². The Hall–Kier alpha value is 0.0600. The summed E-state index contributed by atoms with van der Waals surface area (Å²) >= 11 is 14.3. The highest BCUT2D eigenvalue weighted by Crippen LogP contribution is 2.22. The van der Waals surface area contributed by atoms with Crippen molar-refractivity contribution in [3.05, 3.63) is 48.2 Å². The van der Waals surface area contributed by atoms with E-state index < -0.39 is 0 Å². The first kappa shape index (κ1) is 13.5. The average Bonchev–Trinajstić information content (AvgIpc) is 2.68. The number of rotatable bonds is 4. The van der Waals surface area contributed by atoms with Gasteiger partial charge in [0.25, 0.3) is 0 Å². The largest absolute Gasteiger partial charge is 0.306 e. The molecular formula is C11H9Br2ClN2S. The third-order valence-electron chi connectivity index (χ3n) is 2.10. The number of aromatic nitrogens is 1. The summed E-state index contributed by atoms with van der Waals surface area (Å²) in [6.07, 6.45) is 1.80. The van der Waals surface area contributed by atoms with E-state index in [1.165, 1.54) is 4.88 Å². The lowest BCUT2D eigenvalue weighted by Crippen LogP contribution is -2.13. The quantitative estimate of drug-likeness (QED) is 0.816. The SMILES string of the molecule is Clc1ccc(CNCc2ncc(Br)cc2Br)s1.